The molecule has 172 valence electrons. The Morgan fingerprint density at radius 3 is 1.97 bits per heavy atom. The van der Waals surface area contributed by atoms with Crippen LogP contribution < -0.4 is 0 Å². The third-order valence-electron chi connectivity index (χ3n) is 6.99. The molecule has 0 unspecified atom stereocenters. The highest BCUT2D eigenvalue weighted by Gasteiger charge is 2.15. The highest BCUT2D eigenvalue weighted by atomic mass is 16.3. The number of furan rings is 1. The number of fused-ring (bicyclic) bond motifs is 5. The quantitative estimate of drug-likeness (QED) is 0.258. The van der Waals surface area contributed by atoms with E-state index in [2.05, 4.69) is 108 Å². The van der Waals surface area contributed by atoms with Crippen molar-refractivity contribution in [3.63, 3.8) is 0 Å². The number of rotatable bonds is 3. The summed E-state index contributed by atoms with van der Waals surface area (Å²) in [5.74, 6) is 0. The van der Waals surface area contributed by atoms with Crippen molar-refractivity contribution in [2.24, 2.45) is 0 Å². The molecule has 0 N–H and O–H groups in total. The van der Waals surface area contributed by atoms with Crippen LogP contribution in [0.3, 0.4) is 0 Å². The zero-order chi connectivity index (χ0) is 24.8. The summed E-state index contributed by atoms with van der Waals surface area (Å²) in [6.45, 7) is 0. The van der Waals surface area contributed by atoms with E-state index in [1.165, 1.54) is 21.9 Å². The van der Waals surface area contributed by atoms with E-state index in [-0.39, 0.29) is 0 Å². The molecule has 0 amide bonds. The fourth-order valence-corrected chi connectivity index (χ4v) is 5.20. The number of nitrogens with zero attached hydrogens (tertiary/aromatic N) is 2. The smallest absolute Gasteiger partial charge is 0.141 e. The lowest BCUT2D eigenvalue weighted by Crippen LogP contribution is -1.85. The predicted octanol–water partition coefficient (Wildman–Crippen LogP) is 9.01. The zero-order valence-corrected chi connectivity index (χ0v) is 19.8. The molecule has 0 fully saturated rings. The largest absolute Gasteiger partial charge is 0.456 e. The number of hydrogen-bond donors (Lipinski definition) is 0. The first-order valence-corrected chi connectivity index (χ1v) is 12.2. The summed E-state index contributed by atoms with van der Waals surface area (Å²) >= 11 is 0. The Morgan fingerprint density at radius 2 is 1.22 bits per heavy atom. The lowest BCUT2D eigenvalue weighted by atomic mass is 9.94. The lowest BCUT2D eigenvalue weighted by molar-refractivity contribution is 0.669. The van der Waals surface area contributed by atoms with Crippen LogP contribution in [-0.2, 0) is 0 Å². The summed E-state index contributed by atoms with van der Waals surface area (Å²) in [4.78, 5) is 4.07. The van der Waals surface area contributed by atoms with Crippen LogP contribution in [0.25, 0.3) is 66.1 Å². The van der Waals surface area contributed by atoms with Gasteiger partial charge >= 0.3 is 0 Å². The predicted molar refractivity (Wildman–Crippen MR) is 150 cm³/mol. The molecule has 0 aliphatic carbocycles. The molecule has 7 aromatic rings. The number of benzene rings is 5. The number of hydrogen-bond acceptors (Lipinski definition) is 3. The van der Waals surface area contributed by atoms with Crippen molar-refractivity contribution in [3.05, 3.63) is 127 Å². The van der Waals surface area contributed by atoms with Crippen molar-refractivity contribution in [3.8, 4) is 39.4 Å². The molecule has 7 rings (SSSR count). The first kappa shape index (κ1) is 21.1. The van der Waals surface area contributed by atoms with Gasteiger partial charge in [-0.1, -0.05) is 84.9 Å². The molecule has 2 aromatic heterocycles. The minimum atomic E-state index is 0.417. The maximum absolute atomic E-state index is 9.15. The molecule has 0 aliphatic rings. The normalized spacial score (nSPS) is 11.2. The Balaban J connectivity index is 1.35. The van der Waals surface area contributed by atoms with E-state index in [0.717, 1.165) is 44.2 Å². The summed E-state index contributed by atoms with van der Waals surface area (Å²) in [5.41, 5.74) is 8.77. The van der Waals surface area contributed by atoms with Crippen LogP contribution in [0.15, 0.2) is 126 Å². The highest BCUT2D eigenvalue weighted by molar-refractivity contribution is 6.22. The van der Waals surface area contributed by atoms with Crippen LogP contribution in [0.1, 0.15) is 5.69 Å². The second-order valence-corrected chi connectivity index (χ2v) is 9.14. The van der Waals surface area contributed by atoms with E-state index in [1.807, 2.05) is 18.2 Å². The summed E-state index contributed by atoms with van der Waals surface area (Å²) in [6.07, 6.45) is 1.67. The average molecular weight is 473 g/mol. The minimum Gasteiger partial charge on any atom is -0.456 e. The first-order valence-electron chi connectivity index (χ1n) is 12.2. The molecule has 0 spiro atoms. The topological polar surface area (TPSA) is 49.8 Å². The summed E-state index contributed by atoms with van der Waals surface area (Å²) < 4.78 is 6.47. The summed E-state index contributed by atoms with van der Waals surface area (Å²) in [7, 11) is 0. The summed E-state index contributed by atoms with van der Waals surface area (Å²) in [6, 6.07) is 41.9. The fraction of sp³-hybridized carbons (Fsp3) is 0. The van der Waals surface area contributed by atoms with Gasteiger partial charge < -0.3 is 4.42 Å². The van der Waals surface area contributed by atoms with Crippen molar-refractivity contribution in [1.29, 1.82) is 5.26 Å². The van der Waals surface area contributed by atoms with E-state index >= 15 is 0 Å². The van der Waals surface area contributed by atoms with Crippen molar-refractivity contribution < 1.29 is 4.42 Å². The molecule has 0 atom stereocenters. The molecule has 3 nitrogen and oxygen atoms in total. The maximum atomic E-state index is 9.15. The molecule has 0 aliphatic heterocycles. The third kappa shape index (κ3) is 3.55. The van der Waals surface area contributed by atoms with Gasteiger partial charge in [-0.15, -0.1) is 0 Å². The van der Waals surface area contributed by atoms with Crippen LogP contribution in [0.4, 0.5) is 0 Å². The Bertz CT molecular complexity index is 1980. The van der Waals surface area contributed by atoms with E-state index in [9.17, 15) is 0 Å². The molecule has 0 saturated carbocycles. The Morgan fingerprint density at radius 1 is 0.541 bits per heavy atom. The zero-order valence-electron chi connectivity index (χ0n) is 19.8. The SMILES string of the molecule is N#Cc1cc(-c2ccc(-c3ccc4c(c3)oc3cc(-c5ccccc5)c5ccccc5c34)cc2)ccn1. The van der Waals surface area contributed by atoms with Crippen molar-refractivity contribution >= 4 is 32.7 Å². The van der Waals surface area contributed by atoms with Gasteiger partial charge in [0.05, 0.1) is 0 Å². The van der Waals surface area contributed by atoms with Crippen LogP contribution in [0.5, 0.6) is 0 Å². The van der Waals surface area contributed by atoms with Gasteiger partial charge in [-0.3, -0.25) is 0 Å². The second kappa shape index (κ2) is 8.48. The van der Waals surface area contributed by atoms with Gasteiger partial charge in [-0.05, 0) is 74.5 Å². The van der Waals surface area contributed by atoms with Crippen LogP contribution in [-0.4, -0.2) is 4.98 Å². The maximum Gasteiger partial charge on any atom is 0.141 e. The van der Waals surface area contributed by atoms with E-state index in [4.69, 9.17) is 9.68 Å². The van der Waals surface area contributed by atoms with Gasteiger partial charge in [0, 0.05) is 17.0 Å². The van der Waals surface area contributed by atoms with Crippen LogP contribution >= 0.6 is 0 Å². The molecule has 5 aromatic carbocycles. The standard InChI is InChI=1S/C34H20N2O/c35-21-27-18-26(16-17-36-27)23-12-10-22(11-13-23)25-14-15-30-32(19-25)37-33-20-31(24-6-2-1-3-7-24)28-8-4-5-9-29(28)34(30)33/h1-20H. The van der Waals surface area contributed by atoms with Crippen molar-refractivity contribution in [1.82, 2.24) is 4.98 Å². The number of aromatic nitrogens is 1. The molecule has 0 bridgehead atoms. The first-order chi connectivity index (χ1) is 18.3. The van der Waals surface area contributed by atoms with E-state index < -0.39 is 0 Å². The fourth-order valence-electron chi connectivity index (χ4n) is 5.20. The molecule has 0 radical (unpaired) electrons. The van der Waals surface area contributed by atoms with Crippen LogP contribution in [0.2, 0.25) is 0 Å². The van der Waals surface area contributed by atoms with Crippen LogP contribution in [0, 0.1) is 11.3 Å². The Labute approximate surface area is 213 Å². The highest BCUT2D eigenvalue weighted by Crippen LogP contribution is 2.41. The van der Waals surface area contributed by atoms with E-state index in [0.29, 0.717) is 5.69 Å². The number of pyridine rings is 1. The van der Waals surface area contributed by atoms with Gasteiger partial charge in [0.1, 0.15) is 22.9 Å². The van der Waals surface area contributed by atoms with Gasteiger partial charge in [0.2, 0.25) is 0 Å². The molecule has 2 heterocycles. The van der Waals surface area contributed by atoms with E-state index in [1.54, 1.807) is 6.20 Å². The molecule has 0 saturated heterocycles. The molecular weight excluding hydrogens is 452 g/mol. The molecule has 37 heavy (non-hydrogen) atoms. The average Bonchev–Trinajstić information content (AvgIpc) is 3.35. The third-order valence-corrected chi connectivity index (χ3v) is 6.99. The van der Waals surface area contributed by atoms with Gasteiger partial charge in [-0.2, -0.15) is 5.26 Å². The monoisotopic (exact) mass is 472 g/mol. The second-order valence-electron chi connectivity index (χ2n) is 9.14. The van der Waals surface area contributed by atoms with Gasteiger partial charge in [0.15, 0.2) is 0 Å². The van der Waals surface area contributed by atoms with Crippen molar-refractivity contribution in [2.75, 3.05) is 0 Å². The van der Waals surface area contributed by atoms with Gasteiger partial charge in [0.25, 0.3) is 0 Å². The summed E-state index contributed by atoms with van der Waals surface area (Å²) in [5, 5.41) is 13.8. The molecule has 3 heteroatoms. The number of nitriles is 1. The Hall–Kier alpha value is -5.20. The minimum absolute atomic E-state index is 0.417. The van der Waals surface area contributed by atoms with Gasteiger partial charge in [-0.25, -0.2) is 4.98 Å². The molecular formula is C34H20N2O. The Kier molecular flexibility index (Phi) is 4.84. The lowest BCUT2D eigenvalue weighted by Gasteiger charge is -2.08. The van der Waals surface area contributed by atoms with Crippen molar-refractivity contribution in [2.45, 2.75) is 0 Å².